The molecule has 0 N–H and O–H groups in total. The maximum Gasteiger partial charge on any atom is 0.137 e. The van der Waals surface area contributed by atoms with Gasteiger partial charge < -0.3 is 9.47 Å². The van der Waals surface area contributed by atoms with Gasteiger partial charge in [-0.25, -0.2) is 0 Å². The van der Waals surface area contributed by atoms with Crippen LogP contribution >= 0.6 is 11.6 Å². The summed E-state index contributed by atoms with van der Waals surface area (Å²) in [6.07, 6.45) is 0. The zero-order valence-electron chi connectivity index (χ0n) is 11.3. The van der Waals surface area contributed by atoms with E-state index in [4.69, 9.17) is 31.6 Å². The number of methoxy groups -OCH3 is 1. The monoisotopic (exact) mass is 298 g/mol. The maximum absolute atomic E-state index is 8.93. The molecule has 0 aromatic heterocycles. The lowest BCUT2D eigenvalue weighted by atomic mass is 10.1. The summed E-state index contributed by atoms with van der Waals surface area (Å²) in [5.41, 5.74) is 1.75. The van der Waals surface area contributed by atoms with Crippen LogP contribution in [0.25, 0.3) is 0 Å². The Bertz CT molecular complexity index is 745. The van der Waals surface area contributed by atoms with Crippen molar-refractivity contribution in [2.75, 3.05) is 7.11 Å². The molecule has 0 aliphatic rings. The molecule has 0 unspecified atom stereocenters. The van der Waals surface area contributed by atoms with Crippen molar-refractivity contribution >= 4 is 11.6 Å². The van der Waals surface area contributed by atoms with Crippen molar-refractivity contribution < 1.29 is 9.47 Å². The molecule has 0 fully saturated rings. The molecule has 0 amide bonds. The van der Waals surface area contributed by atoms with Crippen LogP contribution in [0.5, 0.6) is 11.5 Å². The number of halogens is 1. The van der Waals surface area contributed by atoms with Crippen LogP contribution in [-0.4, -0.2) is 7.11 Å². The SMILES string of the molecule is COc1cc(COc2ccc(C#N)c(Cl)c2)ccc1C#N. The van der Waals surface area contributed by atoms with Crippen LogP contribution in [0, 0.1) is 22.7 Å². The first-order valence-electron chi connectivity index (χ1n) is 6.07. The van der Waals surface area contributed by atoms with Crippen molar-refractivity contribution in [1.29, 1.82) is 10.5 Å². The summed E-state index contributed by atoms with van der Waals surface area (Å²) in [6.45, 7) is 0.310. The fourth-order valence-corrected chi connectivity index (χ4v) is 1.97. The van der Waals surface area contributed by atoms with E-state index in [9.17, 15) is 0 Å². The molecule has 0 saturated carbocycles. The van der Waals surface area contributed by atoms with Gasteiger partial charge in [-0.15, -0.1) is 0 Å². The standard InChI is InChI=1S/C16H11ClN2O2/c1-20-16-6-11(2-3-13(16)9-19)10-21-14-5-4-12(8-18)15(17)7-14/h2-7H,10H2,1H3. The summed E-state index contributed by atoms with van der Waals surface area (Å²) < 4.78 is 10.8. The minimum atomic E-state index is 0.310. The molecule has 0 saturated heterocycles. The Labute approximate surface area is 127 Å². The fourth-order valence-electron chi connectivity index (χ4n) is 1.76. The smallest absolute Gasteiger partial charge is 0.137 e. The third-order valence-electron chi connectivity index (χ3n) is 2.85. The second-order valence-corrected chi connectivity index (χ2v) is 4.60. The molecule has 2 rings (SSSR count). The highest BCUT2D eigenvalue weighted by molar-refractivity contribution is 6.31. The topological polar surface area (TPSA) is 66.0 Å². The molecular weight excluding hydrogens is 288 g/mol. The van der Waals surface area contributed by atoms with E-state index in [1.807, 2.05) is 6.07 Å². The molecule has 0 atom stereocenters. The van der Waals surface area contributed by atoms with Gasteiger partial charge in [0.1, 0.15) is 30.2 Å². The molecule has 5 heteroatoms. The van der Waals surface area contributed by atoms with Crippen LogP contribution in [0.3, 0.4) is 0 Å². The van der Waals surface area contributed by atoms with Crippen molar-refractivity contribution in [3.8, 4) is 23.6 Å². The van der Waals surface area contributed by atoms with Crippen molar-refractivity contribution in [3.05, 3.63) is 58.1 Å². The van der Waals surface area contributed by atoms with E-state index in [0.29, 0.717) is 34.3 Å². The number of rotatable bonds is 4. The van der Waals surface area contributed by atoms with Gasteiger partial charge in [0, 0.05) is 6.07 Å². The normalized spacial score (nSPS) is 9.52. The summed E-state index contributed by atoms with van der Waals surface area (Å²) >= 11 is 5.94. The van der Waals surface area contributed by atoms with Gasteiger partial charge in [-0.3, -0.25) is 0 Å². The maximum atomic E-state index is 8.93. The second kappa shape index (κ2) is 6.65. The van der Waals surface area contributed by atoms with Gasteiger partial charge in [0.25, 0.3) is 0 Å². The van der Waals surface area contributed by atoms with Crippen LogP contribution in [-0.2, 0) is 6.61 Å². The van der Waals surface area contributed by atoms with Crippen molar-refractivity contribution in [2.45, 2.75) is 6.61 Å². The van der Waals surface area contributed by atoms with Gasteiger partial charge in [0.2, 0.25) is 0 Å². The summed E-state index contributed by atoms with van der Waals surface area (Å²) in [6, 6.07) is 14.2. The third kappa shape index (κ3) is 3.45. The van der Waals surface area contributed by atoms with Crippen LogP contribution in [0.2, 0.25) is 5.02 Å². The lowest BCUT2D eigenvalue weighted by Gasteiger charge is -2.09. The summed E-state index contributed by atoms with van der Waals surface area (Å²) in [7, 11) is 1.52. The lowest BCUT2D eigenvalue weighted by Crippen LogP contribution is -1.97. The number of nitriles is 2. The molecule has 0 spiro atoms. The van der Waals surface area contributed by atoms with E-state index in [0.717, 1.165) is 5.56 Å². The van der Waals surface area contributed by atoms with Gasteiger partial charge in [-0.05, 0) is 29.8 Å². The van der Waals surface area contributed by atoms with Crippen LogP contribution in [0.1, 0.15) is 16.7 Å². The van der Waals surface area contributed by atoms with Gasteiger partial charge in [-0.2, -0.15) is 10.5 Å². The average molecular weight is 299 g/mol. The molecule has 0 aliphatic heterocycles. The molecule has 0 radical (unpaired) electrons. The van der Waals surface area contributed by atoms with Crippen molar-refractivity contribution in [1.82, 2.24) is 0 Å². The third-order valence-corrected chi connectivity index (χ3v) is 3.17. The number of hydrogen-bond acceptors (Lipinski definition) is 4. The van der Waals surface area contributed by atoms with E-state index in [1.165, 1.54) is 7.11 Å². The van der Waals surface area contributed by atoms with E-state index in [-0.39, 0.29) is 0 Å². The minimum Gasteiger partial charge on any atom is -0.495 e. The van der Waals surface area contributed by atoms with Crippen LogP contribution in [0.15, 0.2) is 36.4 Å². The molecular formula is C16H11ClN2O2. The number of nitrogens with zero attached hydrogens (tertiary/aromatic N) is 2. The van der Waals surface area contributed by atoms with Gasteiger partial charge in [-0.1, -0.05) is 17.7 Å². The predicted molar refractivity (Wildman–Crippen MR) is 78.2 cm³/mol. The first-order valence-corrected chi connectivity index (χ1v) is 6.45. The van der Waals surface area contributed by atoms with Crippen molar-refractivity contribution in [3.63, 3.8) is 0 Å². The van der Waals surface area contributed by atoms with Gasteiger partial charge >= 0.3 is 0 Å². The summed E-state index contributed by atoms with van der Waals surface area (Å²) in [5, 5.41) is 18.1. The Morgan fingerprint density at radius 3 is 2.38 bits per heavy atom. The van der Waals surface area contributed by atoms with Crippen LogP contribution in [0.4, 0.5) is 0 Å². The highest BCUT2D eigenvalue weighted by Crippen LogP contribution is 2.24. The second-order valence-electron chi connectivity index (χ2n) is 4.19. The summed E-state index contributed by atoms with van der Waals surface area (Å²) in [4.78, 5) is 0. The Morgan fingerprint density at radius 2 is 1.76 bits per heavy atom. The first-order chi connectivity index (χ1) is 10.2. The van der Waals surface area contributed by atoms with E-state index < -0.39 is 0 Å². The zero-order valence-corrected chi connectivity index (χ0v) is 12.0. The Morgan fingerprint density at radius 1 is 1.05 bits per heavy atom. The molecule has 0 aliphatic carbocycles. The number of hydrogen-bond donors (Lipinski definition) is 0. The van der Waals surface area contributed by atoms with E-state index in [2.05, 4.69) is 6.07 Å². The first kappa shape index (κ1) is 14.7. The van der Waals surface area contributed by atoms with Crippen molar-refractivity contribution in [2.24, 2.45) is 0 Å². The number of ether oxygens (including phenoxy) is 2. The highest BCUT2D eigenvalue weighted by atomic mass is 35.5. The molecule has 2 aromatic carbocycles. The molecule has 0 bridgehead atoms. The number of benzene rings is 2. The fraction of sp³-hybridized carbons (Fsp3) is 0.125. The molecule has 21 heavy (non-hydrogen) atoms. The van der Waals surface area contributed by atoms with Crippen LogP contribution < -0.4 is 9.47 Å². The predicted octanol–water partition coefficient (Wildman–Crippen LogP) is 3.67. The Hall–Kier alpha value is -2.69. The minimum absolute atomic E-state index is 0.310. The average Bonchev–Trinajstić information content (AvgIpc) is 2.52. The largest absolute Gasteiger partial charge is 0.495 e. The quantitative estimate of drug-likeness (QED) is 0.863. The van der Waals surface area contributed by atoms with E-state index >= 15 is 0 Å². The Kier molecular flexibility index (Phi) is 4.66. The van der Waals surface area contributed by atoms with Gasteiger partial charge in [0.15, 0.2) is 0 Å². The molecule has 104 valence electrons. The highest BCUT2D eigenvalue weighted by Gasteiger charge is 2.06. The zero-order chi connectivity index (χ0) is 15.2. The Balaban J connectivity index is 2.12. The molecule has 0 heterocycles. The lowest BCUT2D eigenvalue weighted by molar-refractivity contribution is 0.305. The van der Waals surface area contributed by atoms with Gasteiger partial charge in [0.05, 0.1) is 23.3 Å². The molecule has 2 aromatic rings. The van der Waals surface area contributed by atoms with E-state index in [1.54, 1.807) is 36.4 Å². The molecule has 4 nitrogen and oxygen atoms in total. The summed E-state index contributed by atoms with van der Waals surface area (Å²) in [5.74, 6) is 1.08.